The highest BCUT2D eigenvalue weighted by molar-refractivity contribution is 6.80. The van der Waals surface area contributed by atoms with E-state index in [2.05, 4.69) is 57.1 Å². The highest BCUT2D eigenvalue weighted by Gasteiger charge is 2.57. The van der Waals surface area contributed by atoms with E-state index in [1.807, 2.05) is 18.2 Å². The van der Waals surface area contributed by atoms with Crippen molar-refractivity contribution >= 4 is 20.1 Å². The summed E-state index contributed by atoms with van der Waals surface area (Å²) in [6.07, 6.45) is 0.499. The fourth-order valence-electron chi connectivity index (χ4n) is 4.11. The first-order valence-corrected chi connectivity index (χ1v) is 14.3. The van der Waals surface area contributed by atoms with Crippen LogP contribution in [0.1, 0.15) is 49.2 Å². The Morgan fingerprint density at radius 2 is 1.67 bits per heavy atom. The van der Waals surface area contributed by atoms with Crippen LogP contribution >= 0.6 is 0 Å². The number of hydrogen-bond donors (Lipinski definition) is 0. The van der Waals surface area contributed by atoms with Gasteiger partial charge in [0.25, 0.3) is 0 Å². The van der Waals surface area contributed by atoms with Gasteiger partial charge in [-0.25, -0.2) is 4.79 Å². The molecule has 0 saturated carbocycles. The minimum absolute atomic E-state index is 0.0219. The van der Waals surface area contributed by atoms with Crippen LogP contribution in [-0.4, -0.2) is 38.4 Å². The van der Waals surface area contributed by atoms with Gasteiger partial charge >= 0.3 is 5.97 Å². The Morgan fingerprint density at radius 1 is 1.06 bits per heavy atom. The zero-order valence-electron chi connectivity index (χ0n) is 20.6. The lowest BCUT2D eigenvalue weighted by atomic mass is 9.81. The zero-order valence-corrected chi connectivity index (χ0v) is 21.6. The minimum Gasteiger partial charge on any atom is -0.497 e. The molecule has 0 aliphatic carbocycles. The van der Waals surface area contributed by atoms with Crippen LogP contribution in [0.15, 0.2) is 66.7 Å². The third-order valence-corrected chi connectivity index (χ3v) is 12.4. The molecule has 1 heterocycles. The maximum atomic E-state index is 13.4. The molecule has 0 aromatic heterocycles. The van der Waals surface area contributed by atoms with Gasteiger partial charge in [-0.1, -0.05) is 70.8 Å². The van der Waals surface area contributed by atoms with Crippen molar-refractivity contribution in [3.05, 3.63) is 77.9 Å². The monoisotopic (exact) mass is 465 g/mol. The summed E-state index contributed by atoms with van der Waals surface area (Å²) in [6, 6.07) is 17.0. The predicted octanol–water partition coefficient (Wildman–Crippen LogP) is 6.00. The number of esters is 1. The Kier molecular flexibility index (Phi) is 7.17. The molecule has 5 nitrogen and oxygen atoms in total. The van der Waals surface area contributed by atoms with Crippen LogP contribution in [0.3, 0.4) is 0 Å². The van der Waals surface area contributed by atoms with Crippen molar-refractivity contribution in [3.63, 3.8) is 0 Å². The highest BCUT2D eigenvalue weighted by atomic mass is 28.3. The Balaban J connectivity index is 1.70. The van der Waals surface area contributed by atoms with Gasteiger partial charge in [-0.2, -0.15) is 0 Å². The fraction of sp³-hybridized carbons (Fsp3) is 0.407. The standard InChI is InChI=1S/C27H35NO4Si/c1-19(18-32-26(30)21-13-15-22(31-5)16-14-21)17-23-24(20-11-9-8-10-12-20)28(25(23)29)33(6,7)27(2,3)4/h8-16,23-24H,1,17-18H2,2-7H3/t23-,24-/m0/s1. The quantitative estimate of drug-likeness (QED) is 0.208. The molecule has 2 aromatic carbocycles. The number of benzene rings is 2. The smallest absolute Gasteiger partial charge is 0.338 e. The molecule has 33 heavy (non-hydrogen) atoms. The molecule has 176 valence electrons. The van der Waals surface area contributed by atoms with Gasteiger partial charge in [-0.15, -0.1) is 0 Å². The number of carbonyl (C=O) groups excluding carboxylic acids is 2. The number of methoxy groups -OCH3 is 1. The molecule has 1 saturated heterocycles. The molecule has 1 amide bonds. The molecule has 0 unspecified atom stereocenters. The zero-order chi connectivity index (χ0) is 24.4. The normalized spacial score (nSPS) is 18.5. The van der Waals surface area contributed by atoms with E-state index in [-0.39, 0.29) is 29.5 Å². The second-order valence-electron chi connectivity index (χ2n) is 10.2. The second kappa shape index (κ2) is 9.55. The summed E-state index contributed by atoms with van der Waals surface area (Å²) in [5, 5.41) is 0.0472. The lowest BCUT2D eigenvalue weighted by Crippen LogP contribution is -2.68. The summed E-state index contributed by atoms with van der Waals surface area (Å²) >= 11 is 0. The van der Waals surface area contributed by atoms with Crippen LogP contribution in [0.25, 0.3) is 0 Å². The van der Waals surface area contributed by atoms with E-state index >= 15 is 0 Å². The summed E-state index contributed by atoms with van der Waals surface area (Å²) in [4.78, 5) is 25.8. The van der Waals surface area contributed by atoms with Gasteiger partial charge in [0.2, 0.25) is 5.91 Å². The van der Waals surface area contributed by atoms with Crippen LogP contribution in [-0.2, 0) is 9.53 Å². The van der Waals surface area contributed by atoms with Crippen molar-refractivity contribution in [1.29, 1.82) is 0 Å². The van der Waals surface area contributed by atoms with E-state index in [1.54, 1.807) is 31.4 Å². The van der Waals surface area contributed by atoms with Crippen LogP contribution in [0.2, 0.25) is 18.1 Å². The molecule has 0 N–H and O–H groups in total. The molecule has 2 atom stereocenters. The molecule has 1 aliphatic rings. The van der Waals surface area contributed by atoms with Gasteiger partial charge < -0.3 is 14.0 Å². The van der Waals surface area contributed by atoms with E-state index < -0.39 is 14.2 Å². The number of carbonyl (C=O) groups is 2. The van der Waals surface area contributed by atoms with Crippen molar-refractivity contribution in [1.82, 2.24) is 4.57 Å². The van der Waals surface area contributed by atoms with Crippen LogP contribution < -0.4 is 4.74 Å². The highest BCUT2D eigenvalue weighted by Crippen LogP contribution is 2.51. The molecule has 1 aliphatic heterocycles. The van der Waals surface area contributed by atoms with Crippen molar-refractivity contribution in [2.75, 3.05) is 13.7 Å². The van der Waals surface area contributed by atoms with Crippen LogP contribution in [0.4, 0.5) is 0 Å². The summed E-state index contributed by atoms with van der Waals surface area (Å²) in [5.74, 6) is 0.255. The maximum absolute atomic E-state index is 13.4. The first-order chi connectivity index (χ1) is 15.5. The number of rotatable bonds is 8. The average Bonchev–Trinajstić information content (AvgIpc) is 2.78. The van der Waals surface area contributed by atoms with E-state index in [0.29, 0.717) is 17.7 Å². The SMILES string of the molecule is C=C(COC(=O)c1ccc(OC)cc1)C[C@@H]1C(=O)N([Si](C)(C)C(C)(C)C)[C@H]1c1ccccc1. The van der Waals surface area contributed by atoms with Crippen molar-refractivity contribution in [3.8, 4) is 5.75 Å². The molecule has 2 aromatic rings. The Hall–Kier alpha value is -2.86. The fourth-order valence-corrected chi connectivity index (χ4v) is 6.58. The number of amides is 1. The van der Waals surface area contributed by atoms with E-state index in [9.17, 15) is 9.59 Å². The lowest BCUT2D eigenvalue weighted by molar-refractivity contribution is -0.148. The maximum Gasteiger partial charge on any atom is 0.338 e. The Morgan fingerprint density at radius 3 is 2.21 bits per heavy atom. The summed E-state index contributed by atoms with van der Waals surface area (Å²) in [5.41, 5.74) is 2.34. The Labute approximate surface area is 198 Å². The average molecular weight is 466 g/mol. The molecule has 0 spiro atoms. The number of β-lactam (4-membered cyclic amide) rings is 1. The van der Waals surface area contributed by atoms with Crippen LogP contribution in [0, 0.1) is 5.92 Å². The lowest BCUT2D eigenvalue weighted by Gasteiger charge is -2.59. The molecule has 6 heteroatoms. The van der Waals surface area contributed by atoms with Gasteiger partial charge in [0.15, 0.2) is 8.24 Å². The van der Waals surface area contributed by atoms with E-state index in [1.165, 1.54) is 0 Å². The summed E-state index contributed by atoms with van der Waals surface area (Å²) in [6.45, 7) is 15.4. The molecule has 1 fully saturated rings. The topological polar surface area (TPSA) is 55.8 Å². The molecular weight excluding hydrogens is 430 g/mol. The first kappa shape index (κ1) is 24.8. The molecule has 0 radical (unpaired) electrons. The van der Waals surface area contributed by atoms with Crippen molar-refractivity contribution in [2.24, 2.45) is 5.92 Å². The van der Waals surface area contributed by atoms with Crippen molar-refractivity contribution < 1.29 is 19.1 Å². The molecular formula is C27H35NO4Si. The van der Waals surface area contributed by atoms with Crippen LogP contribution in [0.5, 0.6) is 5.75 Å². The molecule has 3 rings (SSSR count). The number of nitrogens with zero attached hydrogens (tertiary/aromatic N) is 1. The van der Waals surface area contributed by atoms with Crippen molar-refractivity contribution in [2.45, 2.75) is 51.4 Å². The van der Waals surface area contributed by atoms with E-state index in [4.69, 9.17) is 9.47 Å². The van der Waals surface area contributed by atoms with E-state index in [0.717, 1.165) is 11.1 Å². The predicted molar refractivity (Wildman–Crippen MR) is 134 cm³/mol. The van der Waals surface area contributed by atoms with Gasteiger partial charge in [0.1, 0.15) is 12.4 Å². The largest absolute Gasteiger partial charge is 0.497 e. The van der Waals surface area contributed by atoms with Gasteiger partial charge in [-0.3, -0.25) is 4.79 Å². The summed E-state index contributed by atoms with van der Waals surface area (Å²) < 4.78 is 12.7. The Bertz CT molecular complexity index is 1010. The third-order valence-electron chi connectivity index (χ3n) is 7.03. The minimum atomic E-state index is -2.05. The number of ether oxygens (including phenoxy) is 2. The number of hydrogen-bond acceptors (Lipinski definition) is 4. The second-order valence-corrected chi connectivity index (χ2v) is 15.3. The van der Waals surface area contributed by atoms with Gasteiger partial charge in [-0.05, 0) is 46.9 Å². The third kappa shape index (κ3) is 5.06. The molecule has 0 bridgehead atoms. The van der Waals surface area contributed by atoms with Gasteiger partial charge in [0.05, 0.1) is 24.6 Å². The summed E-state index contributed by atoms with van der Waals surface area (Å²) in [7, 11) is -0.476. The van der Waals surface area contributed by atoms with Gasteiger partial charge in [0, 0.05) is 0 Å². The first-order valence-electron chi connectivity index (χ1n) is 11.3.